The fourth-order valence-corrected chi connectivity index (χ4v) is 2.89. The van der Waals surface area contributed by atoms with Crippen molar-refractivity contribution in [1.29, 1.82) is 0 Å². The number of hydrogen-bond donors (Lipinski definition) is 2. The second-order valence-electron chi connectivity index (χ2n) is 4.50. The Morgan fingerprint density at radius 2 is 1.85 bits per heavy atom. The van der Waals surface area contributed by atoms with Crippen molar-refractivity contribution in [3.8, 4) is 0 Å². The van der Waals surface area contributed by atoms with Crippen LogP contribution in [0, 0.1) is 6.92 Å². The number of aryl methyl sites for hydroxylation is 1. The van der Waals surface area contributed by atoms with Gasteiger partial charge in [0.2, 0.25) is 0 Å². The summed E-state index contributed by atoms with van der Waals surface area (Å²) in [6.45, 7) is 5.79. The molecule has 20 heavy (non-hydrogen) atoms. The Morgan fingerprint density at radius 3 is 2.45 bits per heavy atom. The molecule has 0 aliphatic heterocycles. The van der Waals surface area contributed by atoms with Gasteiger partial charge in [-0.3, -0.25) is 0 Å². The van der Waals surface area contributed by atoms with Gasteiger partial charge in [-0.15, -0.1) is 11.3 Å². The monoisotopic (exact) mass is 310 g/mol. The molecule has 0 amide bonds. The van der Waals surface area contributed by atoms with E-state index in [1.165, 1.54) is 4.88 Å². The molecular formula is C14H19ClN4S. The summed E-state index contributed by atoms with van der Waals surface area (Å²) in [4.78, 5) is 10.0. The molecule has 0 atom stereocenters. The number of anilines is 2. The predicted octanol–water partition coefficient (Wildman–Crippen LogP) is 3.98. The van der Waals surface area contributed by atoms with Crippen molar-refractivity contribution in [2.45, 2.75) is 26.7 Å². The van der Waals surface area contributed by atoms with Crippen molar-refractivity contribution < 1.29 is 0 Å². The first kappa shape index (κ1) is 15.1. The molecule has 2 rings (SSSR count). The molecule has 2 aromatic heterocycles. The van der Waals surface area contributed by atoms with Crippen LogP contribution in [0.25, 0.3) is 0 Å². The lowest BCUT2D eigenvalue weighted by Crippen LogP contribution is -2.09. The van der Waals surface area contributed by atoms with Crippen LogP contribution in [0.15, 0.2) is 18.2 Å². The molecule has 0 saturated carbocycles. The first-order valence-corrected chi connectivity index (χ1v) is 7.94. The van der Waals surface area contributed by atoms with Crippen molar-refractivity contribution in [2.24, 2.45) is 0 Å². The van der Waals surface area contributed by atoms with Crippen LogP contribution in [-0.4, -0.2) is 23.1 Å². The fraction of sp³-hybridized carbons (Fsp3) is 0.429. The topological polar surface area (TPSA) is 49.8 Å². The van der Waals surface area contributed by atoms with Gasteiger partial charge in [-0.25, -0.2) is 9.97 Å². The molecule has 6 heteroatoms. The summed E-state index contributed by atoms with van der Waals surface area (Å²) in [5.74, 6) is 2.51. The molecule has 2 N–H and O–H groups in total. The Labute approximate surface area is 128 Å². The van der Waals surface area contributed by atoms with Crippen molar-refractivity contribution in [3.63, 3.8) is 0 Å². The van der Waals surface area contributed by atoms with Gasteiger partial charge < -0.3 is 10.6 Å². The van der Waals surface area contributed by atoms with Gasteiger partial charge in [-0.05, 0) is 31.9 Å². The maximum atomic E-state index is 5.92. The Bertz CT molecular complexity index is 556. The number of nitrogens with one attached hydrogen (secondary N) is 2. The largest absolute Gasteiger partial charge is 0.370 e. The van der Waals surface area contributed by atoms with Crippen molar-refractivity contribution in [2.75, 3.05) is 23.7 Å². The van der Waals surface area contributed by atoms with Crippen LogP contribution < -0.4 is 10.6 Å². The van der Waals surface area contributed by atoms with Gasteiger partial charge in [-0.1, -0.05) is 18.5 Å². The first-order valence-electron chi connectivity index (χ1n) is 6.75. The molecule has 0 fully saturated rings. The van der Waals surface area contributed by atoms with E-state index in [9.17, 15) is 0 Å². The number of nitrogens with zero attached hydrogens (tertiary/aromatic N) is 2. The quantitative estimate of drug-likeness (QED) is 0.812. The van der Waals surface area contributed by atoms with Crippen LogP contribution in [-0.2, 0) is 6.42 Å². The van der Waals surface area contributed by atoms with Crippen molar-refractivity contribution in [3.05, 3.63) is 33.2 Å². The number of rotatable bonds is 7. The normalized spacial score (nSPS) is 10.6. The van der Waals surface area contributed by atoms with Crippen LogP contribution in [0.4, 0.5) is 11.6 Å². The summed E-state index contributed by atoms with van der Waals surface area (Å²) < 4.78 is 0.837. The molecule has 0 radical (unpaired) electrons. The van der Waals surface area contributed by atoms with Gasteiger partial charge in [0.15, 0.2) is 0 Å². The maximum absolute atomic E-state index is 5.92. The average molecular weight is 311 g/mol. The van der Waals surface area contributed by atoms with Crippen LogP contribution >= 0.6 is 22.9 Å². The van der Waals surface area contributed by atoms with E-state index in [1.54, 1.807) is 11.3 Å². The van der Waals surface area contributed by atoms with Gasteiger partial charge in [0, 0.05) is 24.0 Å². The van der Waals surface area contributed by atoms with E-state index in [4.69, 9.17) is 11.6 Å². The average Bonchev–Trinajstić information content (AvgIpc) is 2.81. The van der Waals surface area contributed by atoms with E-state index in [-0.39, 0.29) is 0 Å². The predicted molar refractivity (Wildman–Crippen MR) is 87.1 cm³/mol. The van der Waals surface area contributed by atoms with Crippen molar-refractivity contribution in [1.82, 2.24) is 9.97 Å². The molecule has 2 aromatic rings. The van der Waals surface area contributed by atoms with Gasteiger partial charge in [0.25, 0.3) is 0 Å². The van der Waals surface area contributed by atoms with Gasteiger partial charge >= 0.3 is 0 Å². The molecule has 108 valence electrons. The highest BCUT2D eigenvalue weighted by atomic mass is 35.5. The summed E-state index contributed by atoms with van der Waals surface area (Å²) in [6.07, 6.45) is 2.02. The SMILES string of the molecule is CCCNc1cc(NCCc2ccc(Cl)s2)nc(C)n1. The number of hydrogen-bond acceptors (Lipinski definition) is 5. The summed E-state index contributed by atoms with van der Waals surface area (Å²) >= 11 is 7.54. The van der Waals surface area contributed by atoms with E-state index >= 15 is 0 Å². The van der Waals surface area contributed by atoms with E-state index < -0.39 is 0 Å². The Kier molecular flexibility index (Phi) is 5.61. The first-order chi connectivity index (χ1) is 9.67. The van der Waals surface area contributed by atoms with Crippen LogP contribution in [0.5, 0.6) is 0 Å². The number of thiophene rings is 1. The number of aromatic nitrogens is 2. The molecule has 0 aliphatic carbocycles. The minimum absolute atomic E-state index is 0.771. The minimum atomic E-state index is 0.771. The zero-order valence-corrected chi connectivity index (χ0v) is 13.3. The molecule has 2 heterocycles. The highest BCUT2D eigenvalue weighted by Crippen LogP contribution is 2.21. The van der Waals surface area contributed by atoms with Gasteiger partial charge in [0.1, 0.15) is 17.5 Å². The number of halogens is 1. The lowest BCUT2D eigenvalue weighted by Gasteiger charge is -2.09. The summed E-state index contributed by atoms with van der Waals surface area (Å²) in [5, 5.41) is 6.61. The van der Waals surface area contributed by atoms with Crippen LogP contribution in [0.3, 0.4) is 0 Å². The lowest BCUT2D eigenvalue weighted by molar-refractivity contribution is 0.948. The molecule has 0 saturated heterocycles. The zero-order valence-electron chi connectivity index (χ0n) is 11.7. The Morgan fingerprint density at radius 1 is 1.15 bits per heavy atom. The van der Waals surface area contributed by atoms with Crippen LogP contribution in [0.2, 0.25) is 4.34 Å². The highest BCUT2D eigenvalue weighted by molar-refractivity contribution is 7.16. The third kappa shape index (κ3) is 4.65. The van der Waals surface area contributed by atoms with E-state index in [0.29, 0.717) is 0 Å². The van der Waals surface area contributed by atoms with E-state index in [0.717, 1.165) is 47.7 Å². The second-order valence-corrected chi connectivity index (χ2v) is 6.29. The molecule has 0 bridgehead atoms. The molecule has 4 nitrogen and oxygen atoms in total. The zero-order chi connectivity index (χ0) is 14.4. The molecular weight excluding hydrogens is 292 g/mol. The fourth-order valence-electron chi connectivity index (χ4n) is 1.80. The highest BCUT2D eigenvalue weighted by Gasteiger charge is 2.02. The summed E-state index contributed by atoms with van der Waals surface area (Å²) in [7, 11) is 0. The molecule has 0 unspecified atom stereocenters. The van der Waals surface area contributed by atoms with Crippen molar-refractivity contribution >= 4 is 34.6 Å². The maximum Gasteiger partial charge on any atom is 0.131 e. The molecule has 0 aromatic carbocycles. The smallest absolute Gasteiger partial charge is 0.131 e. The van der Waals surface area contributed by atoms with E-state index in [1.807, 2.05) is 19.1 Å². The van der Waals surface area contributed by atoms with Gasteiger partial charge in [-0.2, -0.15) is 0 Å². The standard InChI is InChI=1S/C14H19ClN4S/c1-3-7-16-13-9-14(19-10(2)18-13)17-8-6-11-4-5-12(15)20-11/h4-5,9H,3,6-8H2,1-2H3,(H2,16,17,18,19). The summed E-state index contributed by atoms with van der Waals surface area (Å²) in [6, 6.07) is 5.95. The van der Waals surface area contributed by atoms with Gasteiger partial charge in [0.05, 0.1) is 4.34 Å². The third-order valence-corrected chi connectivity index (χ3v) is 3.99. The summed E-state index contributed by atoms with van der Waals surface area (Å²) in [5.41, 5.74) is 0. The Hall–Kier alpha value is -1.33. The van der Waals surface area contributed by atoms with E-state index in [2.05, 4.69) is 33.6 Å². The Balaban J connectivity index is 1.89. The molecule has 0 aliphatic rings. The lowest BCUT2D eigenvalue weighted by atomic mass is 10.3. The second kappa shape index (κ2) is 7.45. The third-order valence-electron chi connectivity index (χ3n) is 2.70. The van der Waals surface area contributed by atoms with Crippen LogP contribution in [0.1, 0.15) is 24.0 Å². The minimum Gasteiger partial charge on any atom is -0.370 e. The molecule has 0 spiro atoms.